The molecule has 1 saturated heterocycles. The zero-order chi connectivity index (χ0) is 15.5. The molecule has 5 heteroatoms. The summed E-state index contributed by atoms with van der Waals surface area (Å²) in [5.74, 6) is 0.203. The third kappa shape index (κ3) is 4.05. The van der Waals surface area contributed by atoms with Crippen LogP contribution in [0.3, 0.4) is 0 Å². The van der Waals surface area contributed by atoms with Crippen LogP contribution in [-0.2, 0) is 15.4 Å². The summed E-state index contributed by atoms with van der Waals surface area (Å²) in [6.45, 7) is 5.47. The fourth-order valence-corrected chi connectivity index (χ4v) is 3.66. The van der Waals surface area contributed by atoms with Crippen molar-refractivity contribution in [3.8, 4) is 0 Å². The molecule has 0 aliphatic carbocycles. The smallest absolute Gasteiger partial charge is 0.153 e. The predicted octanol–water partition coefficient (Wildman–Crippen LogP) is 1.79. The monoisotopic (exact) mass is 311 g/mol. The standard InChI is InChI=1S/C16H25NO3S/c1-14(2)21(19,20)13-12-17-10-8-16(18,9-11-17)15-6-4-3-5-7-15/h3-7,14,18H,8-13H2,1-2H3. The van der Waals surface area contributed by atoms with Gasteiger partial charge in [0.05, 0.1) is 16.6 Å². The molecule has 4 nitrogen and oxygen atoms in total. The van der Waals surface area contributed by atoms with E-state index < -0.39 is 15.4 Å². The number of hydrogen-bond acceptors (Lipinski definition) is 4. The summed E-state index contributed by atoms with van der Waals surface area (Å²) >= 11 is 0. The lowest BCUT2D eigenvalue weighted by Gasteiger charge is -2.38. The van der Waals surface area contributed by atoms with E-state index in [1.807, 2.05) is 30.3 Å². The Morgan fingerprint density at radius 1 is 1.19 bits per heavy atom. The summed E-state index contributed by atoms with van der Waals surface area (Å²) in [5.41, 5.74) is 0.189. The van der Waals surface area contributed by atoms with E-state index in [0.29, 0.717) is 19.4 Å². The molecule has 21 heavy (non-hydrogen) atoms. The number of hydrogen-bond donors (Lipinski definition) is 1. The van der Waals surface area contributed by atoms with E-state index in [0.717, 1.165) is 18.7 Å². The van der Waals surface area contributed by atoms with E-state index in [4.69, 9.17) is 0 Å². The minimum atomic E-state index is -2.98. The molecule has 1 aliphatic heterocycles. The van der Waals surface area contributed by atoms with Crippen LogP contribution in [0.1, 0.15) is 32.3 Å². The first-order chi connectivity index (χ1) is 9.83. The molecule has 0 aromatic heterocycles. The second-order valence-electron chi connectivity index (χ2n) is 6.15. The summed E-state index contributed by atoms with van der Waals surface area (Å²) < 4.78 is 23.7. The summed E-state index contributed by atoms with van der Waals surface area (Å²) in [5, 5.41) is 10.4. The molecule has 2 rings (SSSR count). The van der Waals surface area contributed by atoms with Crippen LogP contribution in [0.15, 0.2) is 30.3 Å². The number of sulfone groups is 1. The van der Waals surface area contributed by atoms with E-state index in [1.165, 1.54) is 0 Å². The third-order valence-electron chi connectivity index (χ3n) is 4.40. The maximum Gasteiger partial charge on any atom is 0.153 e. The van der Waals surface area contributed by atoms with E-state index >= 15 is 0 Å². The molecular weight excluding hydrogens is 286 g/mol. The molecule has 1 fully saturated rings. The van der Waals surface area contributed by atoms with Crippen LogP contribution in [0.2, 0.25) is 0 Å². The maximum atomic E-state index is 11.8. The van der Waals surface area contributed by atoms with Crippen molar-refractivity contribution in [3.05, 3.63) is 35.9 Å². The Kier molecular flexibility index (Phi) is 5.07. The summed E-state index contributed by atoms with van der Waals surface area (Å²) in [6, 6.07) is 9.74. The lowest BCUT2D eigenvalue weighted by molar-refractivity contribution is -0.0245. The van der Waals surface area contributed by atoms with Crippen LogP contribution in [0.5, 0.6) is 0 Å². The number of nitrogens with zero attached hydrogens (tertiary/aromatic N) is 1. The van der Waals surface area contributed by atoms with Gasteiger partial charge in [-0.3, -0.25) is 0 Å². The highest BCUT2D eigenvalue weighted by atomic mass is 32.2. The van der Waals surface area contributed by atoms with Crippen LogP contribution in [0, 0.1) is 0 Å². The normalized spacial score (nSPS) is 19.8. The lowest BCUT2D eigenvalue weighted by Crippen LogP contribution is -2.44. The van der Waals surface area contributed by atoms with Crippen LogP contribution in [0.25, 0.3) is 0 Å². The van der Waals surface area contributed by atoms with Gasteiger partial charge in [0.1, 0.15) is 0 Å². The van der Waals surface area contributed by atoms with Crippen molar-refractivity contribution >= 4 is 9.84 Å². The highest BCUT2D eigenvalue weighted by molar-refractivity contribution is 7.92. The Morgan fingerprint density at radius 2 is 1.76 bits per heavy atom. The quantitative estimate of drug-likeness (QED) is 0.901. The topological polar surface area (TPSA) is 57.6 Å². The fraction of sp³-hybridized carbons (Fsp3) is 0.625. The van der Waals surface area contributed by atoms with Gasteiger partial charge in [-0.05, 0) is 32.3 Å². The molecule has 1 heterocycles. The Bertz CT molecular complexity index is 546. The molecule has 0 saturated carbocycles. The van der Waals surface area contributed by atoms with Gasteiger partial charge in [-0.15, -0.1) is 0 Å². The van der Waals surface area contributed by atoms with Gasteiger partial charge in [-0.1, -0.05) is 30.3 Å². The van der Waals surface area contributed by atoms with Gasteiger partial charge in [-0.2, -0.15) is 0 Å². The average Bonchev–Trinajstić information content (AvgIpc) is 2.47. The molecule has 118 valence electrons. The van der Waals surface area contributed by atoms with Crippen molar-refractivity contribution in [2.45, 2.75) is 37.5 Å². The minimum absolute atomic E-state index is 0.203. The molecule has 0 radical (unpaired) electrons. The Hall–Kier alpha value is -0.910. The molecule has 1 N–H and O–H groups in total. The molecular formula is C16H25NO3S. The zero-order valence-corrected chi connectivity index (χ0v) is 13.6. The van der Waals surface area contributed by atoms with Crippen LogP contribution < -0.4 is 0 Å². The van der Waals surface area contributed by atoms with Gasteiger partial charge in [-0.25, -0.2) is 8.42 Å². The molecule has 0 unspecified atom stereocenters. The summed E-state index contributed by atoms with van der Waals surface area (Å²) in [7, 11) is -2.98. The lowest BCUT2D eigenvalue weighted by atomic mass is 9.84. The van der Waals surface area contributed by atoms with Gasteiger partial charge < -0.3 is 10.0 Å². The van der Waals surface area contributed by atoms with Crippen LogP contribution in [-0.4, -0.2) is 49.1 Å². The number of piperidine rings is 1. The number of benzene rings is 1. The first kappa shape index (κ1) is 16.5. The Balaban J connectivity index is 1.89. The first-order valence-corrected chi connectivity index (χ1v) is 9.27. The van der Waals surface area contributed by atoms with Crippen LogP contribution >= 0.6 is 0 Å². The Morgan fingerprint density at radius 3 is 2.29 bits per heavy atom. The average molecular weight is 311 g/mol. The first-order valence-electron chi connectivity index (χ1n) is 7.55. The highest BCUT2D eigenvalue weighted by Crippen LogP contribution is 2.32. The van der Waals surface area contributed by atoms with E-state index in [-0.39, 0.29) is 11.0 Å². The highest BCUT2D eigenvalue weighted by Gasteiger charge is 2.34. The van der Waals surface area contributed by atoms with Crippen molar-refractivity contribution in [3.63, 3.8) is 0 Å². The molecule has 0 amide bonds. The minimum Gasteiger partial charge on any atom is -0.385 e. The molecule has 1 aromatic carbocycles. The number of rotatable bonds is 5. The number of likely N-dealkylation sites (tertiary alicyclic amines) is 1. The maximum absolute atomic E-state index is 11.8. The zero-order valence-electron chi connectivity index (χ0n) is 12.8. The van der Waals surface area contributed by atoms with Gasteiger partial charge >= 0.3 is 0 Å². The third-order valence-corrected chi connectivity index (χ3v) is 6.59. The summed E-state index contributed by atoms with van der Waals surface area (Å²) in [4.78, 5) is 2.14. The second kappa shape index (κ2) is 6.46. The van der Waals surface area contributed by atoms with E-state index in [2.05, 4.69) is 4.90 Å². The van der Waals surface area contributed by atoms with Crippen molar-refractivity contribution in [2.75, 3.05) is 25.4 Å². The van der Waals surface area contributed by atoms with Gasteiger partial charge in [0.25, 0.3) is 0 Å². The molecule has 1 aliphatic rings. The van der Waals surface area contributed by atoms with Crippen LogP contribution in [0.4, 0.5) is 0 Å². The van der Waals surface area contributed by atoms with E-state index in [9.17, 15) is 13.5 Å². The molecule has 0 spiro atoms. The van der Waals surface area contributed by atoms with Crippen molar-refractivity contribution in [2.24, 2.45) is 0 Å². The van der Waals surface area contributed by atoms with Crippen molar-refractivity contribution < 1.29 is 13.5 Å². The molecule has 1 aromatic rings. The van der Waals surface area contributed by atoms with Crippen molar-refractivity contribution in [1.82, 2.24) is 4.90 Å². The molecule has 0 bridgehead atoms. The van der Waals surface area contributed by atoms with E-state index in [1.54, 1.807) is 13.8 Å². The fourth-order valence-electron chi connectivity index (χ4n) is 2.68. The predicted molar refractivity (Wildman–Crippen MR) is 84.9 cm³/mol. The van der Waals surface area contributed by atoms with Gasteiger partial charge in [0.15, 0.2) is 9.84 Å². The second-order valence-corrected chi connectivity index (χ2v) is 8.83. The summed E-state index contributed by atoms with van der Waals surface area (Å²) in [6.07, 6.45) is 1.30. The Labute approximate surface area is 127 Å². The largest absolute Gasteiger partial charge is 0.385 e. The van der Waals surface area contributed by atoms with Gasteiger partial charge in [0, 0.05) is 19.6 Å². The SMILES string of the molecule is CC(C)S(=O)(=O)CCN1CCC(O)(c2ccccc2)CC1. The number of aliphatic hydroxyl groups is 1. The van der Waals surface area contributed by atoms with Crippen molar-refractivity contribution in [1.29, 1.82) is 0 Å². The van der Waals surface area contributed by atoms with Gasteiger partial charge in [0.2, 0.25) is 0 Å². The molecule has 0 atom stereocenters.